The number of rotatable bonds is 5. The maximum atomic E-state index is 5.77. The summed E-state index contributed by atoms with van der Waals surface area (Å²) in [6.45, 7) is 7.69. The van der Waals surface area contributed by atoms with Gasteiger partial charge in [-0.3, -0.25) is 19.8 Å². The third-order valence-corrected chi connectivity index (χ3v) is 6.28. The first kappa shape index (κ1) is 18.4. The molecule has 0 spiro atoms. The van der Waals surface area contributed by atoms with Gasteiger partial charge in [0.15, 0.2) is 5.82 Å². The van der Waals surface area contributed by atoms with E-state index in [0.717, 1.165) is 51.6 Å². The smallest absolute Gasteiger partial charge is 0.235 e. The minimum atomic E-state index is -0.121. The van der Waals surface area contributed by atoms with Crippen molar-refractivity contribution in [2.24, 2.45) is 5.92 Å². The Kier molecular flexibility index (Phi) is 4.85. The monoisotopic (exact) mass is 390 g/mol. The molecule has 0 saturated carbocycles. The molecular formula is C22H26N6O. The molecule has 0 bridgehead atoms. The molecule has 2 fully saturated rings. The van der Waals surface area contributed by atoms with E-state index in [9.17, 15) is 0 Å². The number of aromatic nitrogens is 4. The zero-order chi connectivity index (χ0) is 19.7. The van der Waals surface area contributed by atoms with E-state index in [1.54, 1.807) is 0 Å². The van der Waals surface area contributed by atoms with Crippen LogP contribution in [0.1, 0.15) is 29.3 Å². The van der Waals surface area contributed by atoms with Crippen molar-refractivity contribution in [3.8, 4) is 0 Å². The number of nitrogens with zero attached hydrogens (tertiary/aromatic N) is 6. The van der Waals surface area contributed by atoms with Crippen molar-refractivity contribution >= 4 is 0 Å². The summed E-state index contributed by atoms with van der Waals surface area (Å²) in [6, 6.07) is 8.30. The lowest BCUT2D eigenvalue weighted by molar-refractivity contribution is 0.0876. The van der Waals surface area contributed by atoms with Gasteiger partial charge in [0, 0.05) is 57.5 Å². The van der Waals surface area contributed by atoms with E-state index in [1.807, 2.05) is 43.8 Å². The third kappa shape index (κ3) is 3.68. The second kappa shape index (κ2) is 7.65. The van der Waals surface area contributed by atoms with Crippen LogP contribution in [0.5, 0.6) is 0 Å². The lowest BCUT2D eigenvalue weighted by Gasteiger charge is -2.41. The van der Waals surface area contributed by atoms with E-state index >= 15 is 0 Å². The molecule has 150 valence electrons. The fourth-order valence-electron chi connectivity index (χ4n) is 5.01. The van der Waals surface area contributed by atoms with Gasteiger partial charge in [0.1, 0.15) is 0 Å². The number of hydrogen-bond acceptors (Lipinski definition) is 7. The van der Waals surface area contributed by atoms with E-state index in [-0.39, 0.29) is 5.41 Å². The Morgan fingerprint density at radius 2 is 1.72 bits per heavy atom. The SMILES string of the molecule is Cc1noc([C@]23CN(Cc4cccnc4)CC[C@H]2CN(Cc2cccnc2)C3)n1. The highest BCUT2D eigenvalue weighted by molar-refractivity contribution is 5.20. The van der Waals surface area contributed by atoms with Gasteiger partial charge in [0.05, 0.1) is 5.41 Å². The molecule has 5 rings (SSSR count). The first-order valence-corrected chi connectivity index (χ1v) is 10.2. The standard InChI is InChI=1S/C22H26N6O/c1-17-25-21(29-26-17)22-15-27(12-18-4-2-7-23-10-18)9-6-20(22)14-28(16-22)13-19-5-3-8-24-11-19/h2-5,7-8,10-11,20H,6,9,12-16H2,1H3/t20-,22-/m0/s1. The van der Waals surface area contributed by atoms with Gasteiger partial charge in [0.25, 0.3) is 0 Å². The number of pyridine rings is 2. The van der Waals surface area contributed by atoms with Crippen LogP contribution in [0, 0.1) is 12.8 Å². The normalized spacial score (nSPS) is 25.2. The molecule has 3 aromatic rings. The maximum absolute atomic E-state index is 5.77. The van der Waals surface area contributed by atoms with Crippen LogP contribution in [0.2, 0.25) is 0 Å². The van der Waals surface area contributed by atoms with Gasteiger partial charge < -0.3 is 4.52 Å². The van der Waals surface area contributed by atoms with Crippen molar-refractivity contribution in [1.29, 1.82) is 0 Å². The lowest BCUT2D eigenvalue weighted by atomic mass is 9.73. The van der Waals surface area contributed by atoms with Crippen LogP contribution >= 0.6 is 0 Å². The zero-order valence-corrected chi connectivity index (χ0v) is 16.7. The molecule has 5 heterocycles. The van der Waals surface area contributed by atoms with Gasteiger partial charge in [0.2, 0.25) is 5.89 Å². The molecule has 7 nitrogen and oxygen atoms in total. The lowest BCUT2D eigenvalue weighted by Crippen LogP contribution is -2.51. The number of aryl methyl sites for hydroxylation is 1. The topological polar surface area (TPSA) is 71.2 Å². The Balaban J connectivity index is 1.40. The van der Waals surface area contributed by atoms with Gasteiger partial charge in [-0.25, -0.2) is 0 Å². The molecule has 2 saturated heterocycles. The third-order valence-electron chi connectivity index (χ3n) is 6.28. The van der Waals surface area contributed by atoms with E-state index in [0.29, 0.717) is 11.7 Å². The van der Waals surface area contributed by atoms with Crippen molar-refractivity contribution in [3.05, 3.63) is 71.9 Å². The summed E-state index contributed by atoms with van der Waals surface area (Å²) in [6.07, 6.45) is 8.70. The molecule has 0 aliphatic carbocycles. The Hall–Kier alpha value is -2.64. The van der Waals surface area contributed by atoms with Crippen LogP contribution in [-0.4, -0.2) is 56.1 Å². The quantitative estimate of drug-likeness (QED) is 0.663. The summed E-state index contributed by atoms with van der Waals surface area (Å²) in [5.74, 6) is 2.02. The Morgan fingerprint density at radius 1 is 1.03 bits per heavy atom. The van der Waals surface area contributed by atoms with Crippen LogP contribution in [0.3, 0.4) is 0 Å². The number of fused-ring (bicyclic) bond motifs is 1. The van der Waals surface area contributed by atoms with Crippen molar-refractivity contribution in [3.63, 3.8) is 0 Å². The number of hydrogen-bond donors (Lipinski definition) is 0. The molecule has 7 heteroatoms. The van der Waals surface area contributed by atoms with E-state index in [2.05, 4.69) is 37.1 Å². The molecule has 0 amide bonds. The highest BCUT2D eigenvalue weighted by Gasteiger charge is 2.54. The van der Waals surface area contributed by atoms with Gasteiger partial charge in [-0.2, -0.15) is 4.98 Å². The largest absolute Gasteiger partial charge is 0.339 e. The molecular weight excluding hydrogens is 364 g/mol. The summed E-state index contributed by atoms with van der Waals surface area (Å²) >= 11 is 0. The second-order valence-electron chi connectivity index (χ2n) is 8.39. The summed E-state index contributed by atoms with van der Waals surface area (Å²) in [4.78, 5) is 18.3. The molecule has 2 atom stereocenters. The zero-order valence-electron chi connectivity index (χ0n) is 16.7. The van der Waals surface area contributed by atoms with E-state index in [4.69, 9.17) is 9.51 Å². The molecule has 29 heavy (non-hydrogen) atoms. The summed E-state index contributed by atoms with van der Waals surface area (Å²) in [5.41, 5.74) is 2.37. The first-order valence-electron chi connectivity index (χ1n) is 10.2. The van der Waals surface area contributed by atoms with E-state index < -0.39 is 0 Å². The second-order valence-corrected chi connectivity index (χ2v) is 8.39. The molecule has 0 N–H and O–H groups in total. The average Bonchev–Trinajstić information content (AvgIpc) is 3.33. The summed E-state index contributed by atoms with van der Waals surface area (Å²) < 4.78 is 5.77. The highest BCUT2D eigenvalue weighted by Crippen LogP contribution is 2.44. The van der Waals surface area contributed by atoms with Crippen LogP contribution in [0.15, 0.2) is 53.6 Å². The maximum Gasteiger partial charge on any atom is 0.235 e. The highest BCUT2D eigenvalue weighted by atomic mass is 16.5. The Morgan fingerprint density at radius 3 is 2.34 bits per heavy atom. The van der Waals surface area contributed by atoms with Crippen molar-refractivity contribution in [2.45, 2.75) is 31.8 Å². The summed E-state index contributed by atoms with van der Waals surface area (Å²) in [7, 11) is 0. The predicted octanol–water partition coefficient (Wildman–Crippen LogP) is 2.44. The van der Waals surface area contributed by atoms with Crippen LogP contribution < -0.4 is 0 Å². The minimum absolute atomic E-state index is 0.121. The van der Waals surface area contributed by atoms with Crippen molar-refractivity contribution < 1.29 is 4.52 Å². The van der Waals surface area contributed by atoms with Crippen LogP contribution in [-0.2, 0) is 18.5 Å². The van der Waals surface area contributed by atoms with Gasteiger partial charge in [-0.05, 0) is 49.1 Å². The number of piperidine rings is 1. The van der Waals surface area contributed by atoms with Gasteiger partial charge in [-0.15, -0.1) is 0 Å². The first-order chi connectivity index (χ1) is 14.2. The molecule has 0 radical (unpaired) electrons. The molecule has 0 unspecified atom stereocenters. The van der Waals surface area contributed by atoms with Crippen LogP contribution in [0.25, 0.3) is 0 Å². The van der Waals surface area contributed by atoms with Gasteiger partial charge >= 0.3 is 0 Å². The Labute approximate surface area is 170 Å². The van der Waals surface area contributed by atoms with E-state index in [1.165, 1.54) is 11.1 Å². The minimum Gasteiger partial charge on any atom is -0.339 e. The fraction of sp³-hybridized carbons (Fsp3) is 0.455. The average molecular weight is 390 g/mol. The molecule has 2 aliphatic heterocycles. The number of likely N-dealkylation sites (tertiary alicyclic amines) is 2. The van der Waals surface area contributed by atoms with Crippen molar-refractivity contribution in [2.75, 3.05) is 26.2 Å². The summed E-state index contributed by atoms with van der Waals surface area (Å²) in [5, 5.41) is 4.12. The van der Waals surface area contributed by atoms with Crippen molar-refractivity contribution in [1.82, 2.24) is 29.9 Å². The Bertz CT molecular complexity index is 907. The fourth-order valence-corrected chi connectivity index (χ4v) is 5.01. The molecule has 0 aromatic carbocycles. The predicted molar refractivity (Wildman–Crippen MR) is 108 cm³/mol. The van der Waals surface area contributed by atoms with Crippen LogP contribution in [0.4, 0.5) is 0 Å². The molecule has 2 aliphatic rings. The van der Waals surface area contributed by atoms with Gasteiger partial charge in [-0.1, -0.05) is 17.3 Å². The molecule has 3 aromatic heterocycles.